The Hall–Kier alpha value is -3.41. The first-order chi connectivity index (χ1) is 18.8. The highest BCUT2D eigenvalue weighted by molar-refractivity contribution is 7.92. The summed E-state index contributed by atoms with van der Waals surface area (Å²) >= 11 is 0. The second kappa shape index (κ2) is 10.5. The summed E-state index contributed by atoms with van der Waals surface area (Å²) < 4.78 is 119. The van der Waals surface area contributed by atoms with Gasteiger partial charge in [0, 0.05) is 6.07 Å². The quantitative estimate of drug-likeness (QED) is 0.270. The fourth-order valence-electron chi connectivity index (χ4n) is 5.34. The Labute approximate surface area is 227 Å². The third kappa shape index (κ3) is 5.86. The molecule has 0 N–H and O–H groups in total. The average molecular weight is 586 g/mol. The molecule has 5 rings (SSSR count). The van der Waals surface area contributed by atoms with E-state index < -0.39 is 50.9 Å². The Kier molecular flexibility index (Phi) is 7.41. The molecule has 1 unspecified atom stereocenters. The van der Waals surface area contributed by atoms with Gasteiger partial charge in [-0.15, -0.1) is 0 Å². The molecule has 12 heteroatoms. The summed E-state index contributed by atoms with van der Waals surface area (Å²) in [6, 6.07) is 10.9. The molecule has 0 amide bonds. The summed E-state index contributed by atoms with van der Waals surface area (Å²) in [7, 11) is -4.50. The van der Waals surface area contributed by atoms with Crippen molar-refractivity contribution in [3.8, 4) is 22.6 Å². The summed E-state index contributed by atoms with van der Waals surface area (Å²) in [6.07, 6.45) is -2.79. The molecule has 1 heterocycles. The minimum atomic E-state index is -4.75. The number of ether oxygens (including phenoxy) is 2. The van der Waals surface area contributed by atoms with Crippen molar-refractivity contribution in [1.82, 2.24) is 0 Å². The van der Waals surface area contributed by atoms with Crippen molar-refractivity contribution in [2.24, 2.45) is 11.8 Å². The van der Waals surface area contributed by atoms with Gasteiger partial charge in [0.1, 0.15) is 23.4 Å². The van der Waals surface area contributed by atoms with E-state index in [9.17, 15) is 34.8 Å². The van der Waals surface area contributed by atoms with Crippen LogP contribution < -0.4 is 13.8 Å². The van der Waals surface area contributed by atoms with Gasteiger partial charge in [0.2, 0.25) is 0 Å². The number of benzene rings is 3. The molecule has 0 saturated heterocycles. The van der Waals surface area contributed by atoms with Gasteiger partial charge in [-0.2, -0.15) is 22.0 Å². The van der Waals surface area contributed by atoms with E-state index in [1.54, 1.807) is 0 Å². The Morgan fingerprint density at radius 1 is 1.02 bits per heavy atom. The molecule has 1 aliphatic heterocycles. The number of fused-ring (bicyclic) bond motifs is 1. The molecular weight excluding hydrogens is 560 g/mol. The molecule has 1 aliphatic carbocycles. The number of sulfonamides is 1. The lowest BCUT2D eigenvalue weighted by Crippen LogP contribution is -2.45. The first-order valence-electron chi connectivity index (χ1n) is 12.6. The zero-order valence-corrected chi connectivity index (χ0v) is 22.0. The summed E-state index contributed by atoms with van der Waals surface area (Å²) in [5, 5.41) is 0. The molecular formula is C28H25F6NO4S. The van der Waals surface area contributed by atoms with Gasteiger partial charge < -0.3 is 9.47 Å². The highest BCUT2D eigenvalue weighted by atomic mass is 32.2. The van der Waals surface area contributed by atoms with Gasteiger partial charge >= 0.3 is 12.8 Å². The fraction of sp³-hybridized carbons (Fsp3) is 0.357. The fourth-order valence-corrected chi connectivity index (χ4v) is 6.88. The number of halogens is 6. The van der Waals surface area contributed by atoms with Crippen LogP contribution in [0.15, 0.2) is 65.6 Å². The minimum absolute atomic E-state index is 0.0359. The van der Waals surface area contributed by atoms with Gasteiger partial charge in [0.15, 0.2) is 0 Å². The Morgan fingerprint density at radius 2 is 1.77 bits per heavy atom. The van der Waals surface area contributed by atoms with Crippen LogP contribution in [0.5, 0.6) is 11.5 Å². The summed E-state index contributed by atoms with van der Waals surface area (Å²) in [6.45, 7) is -1.22. The third-order valence-electron chi connectivity index (χ3n) is 7.14. The molecule has 3 aromatic carbocycles. The Balaban J connectivity index is 1.57. The number of anilines is 1. The van der Waals surface area contributed by atoms with Crippen molar-refractivity contribution in [2.75, 3.05) is 10.8 Å². The van der Waals surface area contributed by atoms with Crippen molar-refractivity contribution in [3.05, 3.63) is 72.0 Å². The largest absolute Gasteiger partial charge is 0.486 e. The van der Waals surface area contributed by atoms with Crippen LogP contribution in [0, 0.1) is 17.7 Å². The van der Waals surface area contributed by atoms with Crippen LogP contribution in [0.4, 0.5) is 32.0 Å². The van der Waals surface area contributed by atoms with E-state index in [-0.39, 0.29) is 29.1 Å². The maximum atomic E-state index is 14.2. The first-order valence-corrected chi connectivity index (χ1v) is 14.0. The van der Waals surface area contributed by atoms with Gasteiger partial charge in [-0.25, -0.2) is 12.8 Å². The van der Waals surface area contributed by atoms with Crippen molar-refractivity contribution in [3.63, 3.8) is 0 Å². The Bertz CT molecular complexity index is 1500. The SMILES string of the molecule is C[C@H]1C[C@@H](CC2CN(S(=O)(=O)c3cccc(C(F)(F)F)c3)c3cc(-c4cc(F)cc(OC(F)F)c4)ccc3O2)C1. The zero-order valence-electron chi connectivity index (χ0n) is 21.2. The van der Waals surface area contributed by atoms with Gasteiger partial charge in [-0.05, 0) is 84.7 Å². The number of rotatable bonds is 7. The zero-order chi connectivity index (χ0) is 28.8. The monoisotopic (exact) mass is 585 g/mol. The van der Waals surface area contributed by atoms with Gasteiger partial charge in [-0.3, -0.25) is 4.31 Å². The highest BCUT2D eigenvalue weighted by Gasteiger charge is 2.39. The second-order valence-corrected chi connectivity index (χ2v) is 12.1. The molecule has 5 nitrogen and oxygen atoms in total. The number of alkyl halides is 5. The molecule has 214 valence electrons. The van der Waals surface area contributed by atoms with E-state index >= 15 is 0 Å². The van der Waals surface area contributed by atoms with Crippen LogP contribution in [0.25, 0.3) is 11.1 Å². The standard InChI is InChI=1S/C28H25F6NO4S/c1-16-7-17(8-16)9-23-15-35(40(36,37)24-4-2-3-20(13-24)28(32,33)34)25-12-18(5-6-26(25)38-23)19-10-21(29)14-22(11-19)39-27(30)31/h2-6,10-14,16-17,23,27H,7-9,15H2,1H3/t16-,17+,23?. The molecule has 1 fully saturated rings. The molecule has 0 spiro atoms. The van der Waals surface area contributed by atoms with Gasteiger partial charge in [-0.1, -0.05) is 19.1 Å². The molecule has 0 bridgehead atoms. The van der Waals surface area contributed by atoms with Crippen LogP contribution in [-0.4, -0.2) is 27.7 Å². The lowest BCUT2D eigenvalue weighted by atomic mass is 9.73. The minimum Gasteiger partial charge on any atom is -0.486 e. The second-order valence-electron chi connectivity index (χ2n) is 10.2. The summed E-state index contributed by atoms with van der Waals surface area (Å²) in [5.41, 5.74) is -0.687. The molecule has 40 heavy (non-hydrogen) atoms. The van der Waals surface area contributed by atoms with E-state index in [1.807, 2.05) is 0 Å². The van der Waals surface area contributed by atoms with Crippen LogP contribution in [0.2, 0.25) is 0 Å². The van der Waals surface area contributed by atoms with Gasteiger partial charge in [0.25, 0.3) is 10.0 Å². The maximum absolute atomic E-state index is 14.2. The van der Waals surface area contributed by atoms with Crippen LogP contribution in [0.1, 0.15) is 31.7 Å². The lowest BCUT2D eigenvalue weighted by molar-refractivity contribution is -0.137. The van der Waals surface area contributed by atoms with Crippen molar-refractivity contribution >= 4 is 15.7 Å². The highest BCUT2D eigenvalue weighted by Crippen LogP contribution is 2.44. The van der Waals surface area contributed by atoms with Crippen molar-refractivity contribution < 1.29 is 44.2 Å². The molecule has 0 radical (unpaired) electrons. The van der Waals surface area contributed by atoms with Crippen molar-refractivity contribution in [1.29, 1.82) is 0 Å². The van der Waals surface area contributed by atoms with E-state index in [1.165, 1.54) is 24.3 Å². The number of hydrogen-bond acceptors (Lipinski definition) is 4. The topological polar surface area (TPSA) is 55.8 Å². The third-order valence-corrected chi connectivity index (χ3v) is 8.91. The van der Waals surface area contributed by atoms with Gasteiger partial charge in [0.05, 0.1) is 22.7 Å². The summed E-state index contributed by atoms with van der Waals surface area (Å²) in [4.78, 5) is -0.546. The lowest BCUT2D eigenvalue weighted by Gasteiger charge is -2.40. The first kappa shape index (κ1) is 28.1. The van der Waals surface area contributed by atoms with Crippen LogP contribution in [0.3, 0.4) is 0 Å². The molecule has 1 saturated carbocycles. The Morgan fingerprint density at radius 3 is 2.45 bits per heavy atom. The van der Waals surface area contributed by atoms with E-state index in [4.69, 9.17) is 4.74 Å². The molecule has 3 aromatic rings. The predicted molar refractivity (Wildman–Crippen MR) is 135 cm³/mol. The molecule has 0 aromatic heterocycles. The molecule has 2 aliphatic rings. The van der Waals surface area contributed by atoms with E-state index in [0.29, 0.717) is 24.3 Å². The summed E-state index contributed by atoms with van der Waals surface area (Å²) in [5.74, 6) is -0.214. The van der Waals surface area contributed by atoms with Crippen LogP contribution >= 0.6 is 0 Å². The number of hydrogen-bond donors (Lipinski definition) is 0. The van der Waals surface area contributed by atoms with E-state index in [2.05, 4.69) is 11.7 Å². The molecule has 1 atom stereocenters. The number of nitrogens with zero attached hydrogens (tertiary/aromatic N) is 1. The average Bonchev–Trinajstić information content (AvgIpc) is 2.86. The normalized spacial score (nSPS) is 21.0. The smallest absolute Gasteiger partial charge is 0.416 e. The van der Waals surface area contributed by atoms with E-state index in [0.717, 1.165) is 47.5 Å². The van der Waals surface area contributed by atoms with Crippen LogP contribution in [-0.2, 0) is 16.2 Å². The van der Waals surface area contributed by atoms with Crippen molar-refractivity contribution in [2.45, 2.75) is 50.0 Å². The maximum Gasteiger partial charge on any atom is 0.416 e. The predicted octanol–water partition coefficient (Wildman–Crippen LogP) is 7.51.